The molecular formula is C33H17F3O10. The second-order valence-electron chi connectivity index (χ2n) is 10.3. The van der Waals surface area contributed by atoms with Gasteiger partial charge in [-0.25, -0.2) is 28.8 Å². The number of fused-ring (bicyclic) bond motifs is 2. The standard InChI is InChI=1S/C33H17F3O10/c1-32(33(34,35)36,18-4-8-20(9-5-18)43-26(37)16-2-12-22-24(14-16)30(41)45-28(22)39)19-6-10-21(11-7-19)44-27(38)17-3-13-23-25(15-17)31(42)46-29(23)40/h2-15H,1H3. The fourth-order valence-electron chi connectivity index (χ4n) is 4.96. The molecule has 46 heavy (non-hydrogen) atoms. The zero-order valence-corrected chi connectivity index (χ0v) is 23.3. The van der Waals surface area contributed by atoms with Gasteiger partial charge in [0.2, 0.25) is 0 Å². The maximum Gasteiger partial charge on any atom is 0.402 e. The molecule has 4 aromatic rings. The minimum Gasteiger partial charge on any atom is -0.423 e. The molecule has 10 nitrogen and oxygen atoms in total. The van der Waals surface area contributed by atoms with E-state index in [-0.39, 0.29) is 56.0 Å². The van der Waals surface area contributed by atoms with E-state index in [1.54, 1.807) is 0 Å². The molecular weight excluding hydrogens is 613 g/mol. The van der Waals surface area contributed by atoms with Crippen LogP contribution in [0, 0.1) is 0 Å². The predicted molar refractivity (Wildman–Crippen MR) is 148 cm³/mol. The van der Waals surface area contributed by atoms with E-state index in [2.05, 4.69) is 9.47 Å². The van der Waals surface area contributed by atoms with Gasteiger partial charge < -0.3 is 18.9 Å². The summed E-state index contributed by atoms with van der Waals surface area (Å²) in [7, 11) is 0. The van der Waals surface area contributed by atoms with Crippen molar-refractivity contribution in [3.63, 3.8) is 0 Å². The minimum absolute atomic E-state index is 0.00503. The summed E-state index contributed by atoms with van der Waals surface area (Å²) in [6, 6.07) is 16.5. The molecule has 0 aromatic heterocycles. The first kappa shape index (κ1) is 29.9. The van der Waals surface area contributed by atoms with Crippen LogP contribution in [0.5, 0.6) is 11.5 Å². The first-order valence-electron chi connectivity index (χ1n) is 13.3. The van der Waals surface area contributed by atoms with Crippen LogP contribution in [0.2, 0.25) is 0 Å². The molecule has 0 spiro atoms. The molecule has 4 aromatic carbocycles. The van der Waals surface area contributed by atoms with Crippen LogP contribution >= 0.6 is 0 Å². The molecule has 230 valence electrons. The van der Waals surface area contributed by atoms with Gasteiger partial charge in [0.15, 0.2) is 0 Å². The van der Waals surface area contributed by atoms with Gasteiger partial charge in [-0.1, -0.05) is 24.3 Å². The third-order valence-corrected chi connectivity index (χ3v) is 7.61. The Hall–Kier alpha value is -6.11. The second kappa shape index (κ2) is 10.8. The van der Waals surface area contributed by atoms with Gasteiger partial charge in [0, 0.05) is 0 Å². The van der Waals surface area contributed by atoms with Crippen molar-refractivity contribution in [2.24, 2.45) is 0 Å². The minimum atomic E-state index is -4.80. The molecule has 6 rings (SSSR count). The largest absolute Gasteiger partial charge is 0.423 e. The predicted octanol–water partition coefficient (Wildman–Crippen LogP) is 5.61. The van der Waals surface area contributed by atoms with Crippen molar-refractivity contribution in [3.05, 3.63) is 129 Å². The van der Waals surface area contributed by atoms with Crippen LogP contribution in [0.4, 0.5) is 13.2 Å². The Bertz CT molecular complexity index is 1860. The van der Waals surface area contributed by atoms with E-state index in [0.717, 1.165) is 43.3 Å². The van der Waals surface area contributed by atoms with Crippen LogP contribution in [0.3, 0.4) is 0 Å². The third-order valence-electron chi connectivity index (χ3n) is 7.61. The number of rotatable bonds is 6. The summed E-state index contributed by atoms with van der Waals surface area (Å²) in [6.45, 7) is 0.963. The quantitative estimate of drug-likeness (QED) is 0.150. The Morgan fingerprint density at radius 3 is 1.24 bits per heavy atom. The Labute approximate surface area is 256 Å². The number of cyclic esters (lactones) is 4. The molecule has 0 N–H and O–H groups in total. The summed E-state index contributed by atoms with van der Waals surface area (Å²) >= 11 is 0. The molecule has 0 atom stereocenters. The maximum absolute atomic E-state index is 14.6. The highest BCUT2D eigenvalue weighted by molar-refractivity contribution is 6.16. The van der Waals surface area contributed by atoms with Gasteiger partial charge in [-0.05, 0) is 78.7 Å². The lowest BCUT2D eigenvalue weighted by atomic mass is 9.75. The van der Waals surface area contributed by atoms with Crippen molar-refractivity contribution >= 4 is 35.8 Å². The normalized spacial score (nSPS) is 13.9. The van der Waals surface area contributed by atoms with E-state index in [0.29, 0.717) is 0 Å². The molecule has 0 saturated carbocycles. The number of carbonyl (C=O) groups excluding carboxylic acids is 6. The molecule has 0 aliphatic carbocycles. The molecule has 13 heteroatoms. The molecule has 2 heterocycles. The summed E-state index contributed by atoms with van der Waals surface area (Å²) in [5, 5.41) is 0. The second-order valence-corrected chi connectivity index (χ2v) is 10.3. The Morgan fingerprint density at radius 1 is 0.543 bits per heavy atom. The summed E-state index contributed by atoms with van der Waals surface area (Å²) in [4.78, 5) is 72.1. The summed E-state index contributed by atoms with van der Waals surface area (Å²) in [5.74, 6) is -5.51. The summed E-state index contributed by atoms with van der Waals surface area (Å²) in [5.41, 5.74) is -3.31. The molecule has 0 unspecified atom stereocenters. The van der Waals surface area contributed by atoms with Crippen LogP contribution in [0.15, 0.2) is 84.9 Å². The van der Waals surface area contributed by atoms with E-state index in [1.165, 1.54) is 48.5 Å². The first-order valence-corrected chi connectivity index (χ1v) is 13.3. The number of benzene rings is 4. The Balaban J connectivity index is 1.19. The lowest BCUT2D eigenvalue weighted by Gasteiger charge is -2.33. The van der Waals surface area contributed by atoms with Gasteiger partial charge in [-0.3, -0.25) is 0 Å². The topological polar surface area (TPSA) is 139 Å². The number of hydrogen-bond donors (Lipinski definition) is 0. The summed E-state index contributed by atoms with van der Waals surface area (Å²) in [6.07, 6.45) is -4.80. The maximum atomic E-state index is 14.6. The number of ether oxygens (including phenoxy) is 4. The van der Waals surface area contributed by atoms with Crippen molar-refractivity contribution in [3.8, 4) is 11.5 Å². The van der Waals surface area contributed by atoms with Gasteiger partial charge in [0.05, 0.1) is 33.4 Å². The zero-order valence-electron chi connectivity index (χ0n) is 23.3. The van der Waals surface area contributed by atoms with Gasteiger partial charge in [-0.2, -0.15) is 13.2 Å². The van der Waals surface area contributed by atoms with E-state index >= 15 is 0 Å². The first-order chi connectivity index (χ1) is 21.8. The molecule has 0 fully saturated rings. The van der Waals surface area contributed by atoms with E-state index in [1.807, 2.05) is 0 Å². The third kappa shape index (κ3) is 5.07. The SMILES string of the molecule is CC(c1ccc(OC(=O)c2ccc3c(c2)C(=O)OC3=O)cc1)(c1ccc(OC(=O)c2ccc3c(c2)C(=O)OC3=O)cc1)C(F)(F)F. The number of alkyl halides is 3. The highest BCUT2D eigenvalue weighted by Crippen LogP contribution is 2.46. The molecule has 0 radical (unpaired) electrons. The highest BCUT2D eigenvalue weighted by Gasteiger charge is 2.53. The van der Waals surface area contributed by atoms with E-state index < -0.39 is 47.4 Å². The van der Waals surface area contributed by atoms with E-state index in [9.17, 15) is 41.9 Å². The number of halogens is 3. The molecule has 0 bridgehead atoms. The van der Waals surface area contributed by atoms with Gasteiger partial charge in [0.1, 0.15) is 16.9 Å². The van der Waals surface area contributed by atoms with Crippen molar-refractivity contribution in [1.29, 1.82) is 0 Å². The molecule has 0 saturated heterocycles. The fourth-order valence-corrected chi connectivity index (χ4v) is 4.96. The Morgan fingerprint density at radius 2 is 0.891 bits per heavy atom. The van der Waals surface area contributed by atoms with Gasteiger partial charge >= 0.3 is 42.0 Å². The monoisotopic (exact) mass is 630 g/mol. The molecule has 2 aliphatic heterocycles. The van der Waals surface area contributed by atoms with Crippen LogP contribution in [-0.2, 0) is 14.9 Å². The lowest BCUT2D eigenvalue weighted by Crippen LogP contribution is -2.40. The summed E-state index contributed by atoms with van der Waals surface area (Å²) < 4.78 is 63.2. The van der Waals surface area contributed by atoms with Gasteiger partial charge in [-0.15, -0.1) is 0 Å². The Kier molecular flexibility index (Phi) is 7.03. The average molecular weight is 630 g/mol. The fraction of sp³-hybridized carbons (Fsp3) is 0.0909. The zero-order chi connectivity index (χ0) is 33.0. The van der Waals surface area contributed by atoms with Gasteiger partial charge in [0.25, 0.3) is 0 Å². The number of carbonyl (C=O) groups is 6. The van der Waals surface area contributed by atoms with Crippen LogP contribution in [0.25, 0.3) is 0 Å². The van der Waals surface area contributed by atoms with Crippen LogP contribution < -0.4 is 9.47 Å². The number of esters is 6. The highest BCUT2D eigenvalue weighted by atomic mass is 19.4. The lowest BCUT2D eigenvalue weighted by molar-refractivity contribution is -0.173. The number of hydrogen-bond acceptors (Lipinski definition) is 10. The van der Waals surface area contributed by atoms with Crippen LogP contribution in [-0.4, -0.2) is 42.0 Å². The average Bonchev–Trinajstić information content (AvgIpc) is 3.48. The van der Waals surface area contributed by atoms with Crippen molar-refractivity contribution in [2.45, 2.75) is 18.5 Å². The van der Waals surface area contributed by atoms with Crippen molar-refractivity contribution < 1.29 is 60.9 Å². The van der Waals surface area contributed by atoms with E-state index in [4.69, 9.17) is 9.47 Å². The van der Waals surface area contributed by atoms with Crippen molar-refractivity contribution in [1.82, 2.24) is 0 Å². The smallest absolute Gasteiger partial charge is 0.402 e. The van der Waals surface area contributed by atoms with Crippen molar-refractivity contribution in [2.75, 3.05) is 0 Å². The van der Waals surface area contributed by atoms with Crippen LogP contribution in [0.1, 0.15) is 80.2 Å². The molecule has 2 aliphatic rings. The molecule has 0 amide bonds.